The van der Waals surface area contributed by atoms with E-state index in [4.69, 9.17) is 4.74 Å². The summed E-state index contributed by atoms with van der Waals surface area (Å²) in [6.45, 7) is 2.75. The number of piperazine rings is 1. The molecular weight excluding hydrogens is 382 g/mol. The second-order valence-electron chi connectivity index (χ2n) is 6.56. The SMILES string of the molecule is COc1ccccc1N1CCN(c2ccc(C(=O)O)cc2NS(C)(=O)=O)CC1. The highest BCUT2D eigenvalue weighted by atomic mass is 32.2. The van der Waals surface area contributed by atoms with Crippen LogP contribution in [-0.4, -0.2) is 59.0 Å². The molecule has 28 heavy (non-hydrogen) atoms. The van der Waals surface area contributed by atoms with Crippen LogP contribution in [0.3, 0.4) is 0 Å². The number of anilines is 3. The van der Waals surface area contributed by atoms with Gasteiger partial charge in [-0.1, -0.05) is 12.1 Å². The van der Waals surface area contributed by atoms with Gasteiger partial charge in [-0.3, -0.25) is 4.72 Å². The number of carbonyl (C=O) groups is 1. The van der Waals surface area contributed by atoms with Crippen LogP contribution in [0.1, 0.15) is 10.4 Å². The molecule has 0 bridgehead atoms. The fourth-order valence-electron chi connectivity index (χ4n) is 3.31. The average molecular weight is 405 g/mol. The van der Waals surface area contributed by atoms with Crippen LogP contribution in [0.25, 0.3) is 0 Å². The fourth-order valence-corrected chi connectivity index (χ4v) is 3.87. The van der Waals surface area contributed by atoms with Crippen molar-refractivity contribution in [3.05, 3.63) is 48.0 Å². The molecule has 0 aliphatic carbocycles. The maximum Gasteiger partial charge on any atom is 0.335 e. The van der Waals surface area contributed by atoms with Gasteiger partial charge in [-0.2, -0.15) is 0 Å². The lowest BCUT2D eigenvalue weighted by Gasteiger charge is -2.38. The number of nitrogens with one attached hydrogen (secondary N) is 1. The van der Waals surface area contributed by atoms with E-state index in [0.29, 0.717) is 18.8 Å². The third-order valence-electron chi connectivity index (χ3n) is 4.59. The molecule has 0 atom stereocenters. The van der Waals surface area contributed by atoms with E-state index >= 15 is 0 Å². The van der Waals surface area contributed by atoms with Gasteiger partial charge < -0.3 is 19.6 Å². The molecule has 1 fully saturated rings. The Morgan fingerprint density at radius 3 is 2.21 bits per heavy atom. The number of hydrogen-bond acceptors (Lipinski definition) is 6. The van der Waals surface area contributed by atoms with Gasteiger partial charge in [0.15, 0.2) is 0 Å². The predicted molar refractivity (Wildman–Crippen MR) is 109 cm³/mol. The molecule has 3 rings (SSSR count). The number of hydrogen-bond donors (Lipinski definition) is 2. The van der Waals surface area contributed by atoms with E-state index in [1.165, 1.54) is 12.1 Å². The Bertz CT molecular complexity index is 969. The van der Waals surface area contributed by atoms with Gasteiger partial charge in [0.05, 0.1) is 36.0 Å². The van der Waals surface area contributed by atoms with Crippen LogP contribution in [0.15, 0.2) is 42.5 Å². The maximum atomic E-state index is 11.7. The summed E-state index contributed by atoms with van der Waals surface area (Å²) in [4.78, 5) is 15.5. The van der Waals surface area contributed by atoms with E-state index in [0.717, 1.165) is 30.8 Å². The molecule has 0 amide bonds. The number of nitrogens with zero attached hydrogens (tertiary/aromatic N) is 2. The predicted octanol–water partition coefficient (Wildman–Crippen LogP) is 2.09. The summed E-state index contributed by atoms with van der Waals surface area (Å²) < 4.78 is 31.3. The van der Waals surface area contributed by atoms with Crippen molar-refractivity contribution in [2.24, 2.45) is 0 Å². The monoisotopic (exact) mass is 405 g/mol. The van der Waals surface area contributed by atoms with Gasteiger partial charge >= 0.3 is 5.97 Å². The van der Waals surface area contributed by atoms with Crippen molar-refractivity contribution in [3.8, 4) is 5.75 Å². The molecule has 2 aromatic rings. The van der Waals surface area contributed by atoms with E-state index < -0.39 is 16.0 Å². The van der Waals surface area contributed by atoms with Crippen molar-refractivity contribution in [2.75, 3.05) is 54.1 Å². The molecule has 150 valence electrons. The molecule has 2 N–H and O–H groups in total. The molecular formula is C19H23N3O5S. The van der Waals surface area contributed by atoms with Gasteiger partial charge in [0.1, 0.15) is 5.75 Å². The summed E-state index contributed by atoms with van der Waals surface area (Å²) in [7, 11) is -1.90. The second-order valence-corrected chi connectivity index (χ2v) is 8.31. The highest BCUT2D eigenvalue weighted by Crippen LogP contribution is 2.32. The molecule has 2 aromatic carbocycles. The Hall–Kier alpha value is -2.94. The number of rotatable bonds is 6. The van der Waals surface area contributed by atoms with Gasteiger partial charge in [-0.05, 0) is 30.3 Å². The number of carboxylic acid groups (broad SMARTS) is 1. The smallest absolute Gasteiger partial charge is 0.335 e. The molecule has 0 spiro atoms. The van der Waals surface area contributed by atoms with Crippen molar-refractivity contribution in [2.45, 2.75) is 0 Å². The zero-order chi connectivity index (χ0) is 20.3. The van der Waals surface area contributed by atoms with Gasteiger partial charge in [-0.15, -0.1) is 0 Å². The fraction of sp³-hybridized carbons (Fsp3) is 0.316. The first-order valence-electron chi connectivity index (χ1n) is 8.76. The first kappa shape index (κ1) is 19.8. The molecule has 1 heterocycles. The minimum Gasteiger partial charge on any atom is -0.495 e. The molecule has 1 aliphatic rings. The lowest BCUT2D eigenvalue weighted by atomic mass is 10.1. The van der Waals surface area contributed by atoms with Crippen molar-refractivity contribution >= 4 is 33.1 Å². The molecule has 0 saturated carbocycles. The number of aromatic carboxylic acids is 1. The standard InChI is InChI=1S/C19H23N3O5S/c1-27-18-6-4-3-5-17(18)22-11-9-21(10-12-22)16-8-7-14(19(23)24)13-15(16)20-28(2,25)26/h3-8,13,20H,9-12H2,1-2H3,(H,23,24). The first-order chi connectivity index (χ1) is 13.3. The van der Waals surface area contributed by atoms with E-state index in [1.54, 1.807) is 13.2 Å². The largest absolute Gasteiger partial charge is 0.495 e. The molecule has 1 aliphatic heterocycles. The van der Waals surface area contributed by atoms with Crippen molar-refractivity contribution in [3.63, 3.8) is 0 Å². The van der Waals surface area contributed by atoms with Gasteiger partial charge in [0, 0.05) is 26.2 Å². The summed E-state index contributed by atoms with van der Waals surface area (Å²) in [5, 5.41) is 9.21. The van der Waals surface area contributed by atoms with E-state index in [1.807, 2.05) is 29.2 Å². The van der Waals surface area contributed by atoms with E-state index in [9.17, 15) is 18.3 Å². The number of sulfonamides is 1. The Balaban J connectivity index is 1.82. The third-order valence-corrected chi connectivity index (χ3v) is 5.18. The minimum atomic E-state index is -3.54. The lowest BCUT2D eigenvalue weighted by molar-refractivity contribution is 0.0697. The zero-order valence-electron chi connectivity index (χ0n) is 15.8. The van der Waals surface area contributed by atoms with E-state index in [-0.39, 0.29) is 11.3 Å². The Kier molecular flexibility index (Phi) is 5.64. The van der Waals surface area contributed by atoms with Crippen LogP contribution < -0.4 is 19.3 Å². The molecule has 1 saturated heterocycles. The van der Waals surface area contributed by atoms with Gasteiger partial charge in [0.25, 0.3) is 0 Å². The number of carboxylic acids is 1. The molecule has 0 aromatic heterocycles. The second kappa shape index (κ2) is 7.97. The topological polar surface area (TPSA) is 99.2 Å². The van der Waals surface area contributed by atoms with Gasteiger partial charge in [-0.25, -0.2) is 13.2 Å². The van der Waals surface area contributed by atoms with E-state index in [2.05, 4.69) is 9.62 Å². The van der Waals surface area contributed by atoms with Crippen LogP contribution in [0, 0.1) is 0 Å². The minimum absolute atomic E-state index is 0.0301. The average Bonchev–Trinajstić information content (AvgIpc) is 2.67. The summed E-state index contributed by atoms with van der Waals surface area (Å²) in [6, 6.07) is 12.3. The molecule has 9 heteroatoms. The van der Waals surface area contributed by atoms with Crippen LogP contribution in [0.5, 0.6) is 5.75 Å². The van der Waals surface area contributed by atoms with Gasteiger partial charge in [0.2, 0.25) is 10.0 Å². The highest BCUT2D eigenvalue weighted by Gasteiger charge is 2.23. The highest BCUT2D eigenvalue weighted by molar-refractivity contribution is 7.92. The molecule has 0 unspecified atom stereocenters. The van der Waals surface area contributed by atoms with Crippen LogP contribution >= 0.6 is 0 Å². The summed E-state index contributed by atoms with van der Waals surface area (Å²) in [5.74, 6) is -0.301. The van der Waals surface area contributed by atoms with Crippen molar-refractivity contribution < 1.29 is 23.1 Å². The number of methoxy groups -OCH3 is 1. The summed E-state index contributed by atoms with van der Waals surface area (Å²) in [5.41, 5.74) is 1.98. The number of benzene rings is 2. The van der Waals surface area contributed by atoms with Crippen LogP contribution in [0.4, 0.5) is 17.1 Å². The first-order valence-corrected chi connectivity index (χ1v) is 10.7. The molecule has 0 radical (unpaired) electrons. The zero-order valence-corrected chi connectivity index (χ0v) is 16.6. The number of para-hydroxylation sites is 2. The quantitative estimate of drug-likeness (QED) is 0.759. The Morgan fingerprint density at radius 2 is 1.64 bits per heavy atom. The Labute approximate surface area is 164 Å². The Morgan fingerprint density at radius 1 is 1.04 bits per heavy atom. The van der Waals surface area contributed by atoms with Crippen molar-refractivity contribution in [1.82, 2.24) is 0 Å². The van der Waals surface area contributed by atoms with Crippen LogP contribution in [0.2, 0.25) is 0 Å². The summed E-state index contributed by atoms with van der Waals surface area (Å²) >= 11 is 0. The summed E-state index contributed by atoms with van der Waals surface area (Å²) in [6.07, 6.45) is 1.05. The van der Waals surface area contributed by atoms with Crippen LogP contribution in [-0.2, 0) is 10.0 Å². The maximum absolute atomic E-state index is 11.7. The lowest BCUT2D eigenvalue weighted by Crippen LogP contribution is -2.46. The normalized spacial score (nSPS) is 14.6. The van der Waals surface area contributed by atoms with Crippen molar-refractivity contribution in [1.29, 1.82) is 0 Å². The molecule has 8 nitrogen and oxygen atoms in total. The third kappa shape index (κ3) is 4.48. The number of ether oxygens (including phenoxy) is 1.